The van der Waals surface area contributed by atoms with Crippen molar-refractivity contribution in [3.63, 3.8) is 0 Å². The second-order valence-electron chi connectivity index (χ2n) is 6.55. The van der Waals surface area contributed by atoms with Crippen molar-refractivity contribution in [2.75, 3.05) is 11.9 Å². The first kappa shape index (κ1) is 16.9. The molecule has 1 aliphatic heterocycles. The van der Waals surface area contributed by atoms with Crippen LogP contribution in [-0.4, -0.2) is 23.8 Å². The summed E-state index contributed by atoms with van der Waals surface area (Å²) in [7, 11) is 1.60. The molecular weight excluding hydrogens is 394 g/mol. The molecule has 0 saturated heterocycles. The number of ketones is 1. The third kappa shape index (κ3) is 2.55. The van der Waals surface area contributed by atoms with Crippen molar-refractivity contribution < 1.29 is 14.7 Å². The van der Waals surface area contributed by atoms with E-state index in [2.05, 4.69) is 15.9 Å². The van der Waals surface area contributed by atoms with Gasteiger partial charge in [-0.3, -0.25) is 9.59 Å². The Bertz CT molecular complexity index is 1060. The Morgan fingerprint density at radius 2 is 1.81 bits per heavy atom. The largest absolute Gasteiger partial charge is 0.375 e. The van der Waals surface area contributed by atoms with Crippen LogP contribution in [0, 0.1) is 0 Å². The molecule has 0 aliphatic carbocycles. The molecule has 0 radical (unpaired) electrons. The smallest absolute Gasteiger partial charge is 0.263 e. The summed E-state index contributed by atoms with van der Waals surface area (Å²) < 4.78 is 0.806. The predicted octanol–water partition coefficient (Wildman–Crippen LogP) is 4.04. The summed E-state index contributed by atoms with van der Waals surface area (Å²) in [5, 5.41) is 13.1. The van der Waals surface area contributed by atoms with Crippen LogP contribution in [-0.2, 0) is 10.4 Å². The topological polar surface area (TPSA) is 57.6 Å². The molecule has 0 saturated carbocycles. The maximum absolute atomic E-state index is 12.8. The fourth-order valence-corrected chi connectivity index (χ4v) is 3.85. The molecule has 0 bridgehead atoms. The van der Waals surface area contributed by atoms with E-state index in [0.717, 1.165) is 15.2 Å². The van der Waals surface area contributed by atoms with E-state index in [1.807, 2.05) is 30.3 Å². The quantitative estimate of drug-likeness (QED) is 0.664. The number of carbonyl (C=O) groups is 2. The Morgan fingerprint density at radius 1 is 1.08 bits per heavy atom. The van der Waals surface area contributed by atoms with Gasteiger partial charge in [-0.25, -0.2) is 0 Å². The zero-order chi connectivity index (χ0) is 18.5. The summed E-state index contributed by atoms with van der Waals surface area (Å²) in [5.74, 6) is -0.754. The average Bonchev–Trinajstić information content (AvgIpc) is 2.82. The summed E-state index contributed by atoms with van der Waals surface area (Å²) >= 11 is 3.37. The first-order valence-electron chi connectivity index (χ1n) is 8.23. The molecule has 1 amide bonds. The molecule has 0 spiro atoms. The highest BCUT2D eigenvalue weighted by atomic mass is 79.9. The van der Waals surface area contributed by atoms with Crippen LogP contribution >= 0.6 is 15.9 Å². The van der Waals surface area contributed by atoms with Gasteiger partial charge < -0.3 is 10.0 Å². The standard InChI is InChI=1S/C21H16BrNO3/c1-23-18-11-16(22)8-9-17(18)21(26,20(23)25)12-19(24)15-7-6-13-4-2-3-5-14(13)10-15/h2-11,26H,12H2,1H3. The van der Waals surface area contributed by atoms with Crippen LogP contribution in [0.4, 0.5) is 5.69 Å². The van der Waals surface area contributed by atoms with Gasteiger partial charge in [0, 0.05) is 22.6 Å². The minimum Gasteiger partial charge on any atom is -0.375 e. The maximum atomic E-state index is 12.8. The molecule has 1 atom stereocenters. The molecule has 4 rings (SSSR count). The van der Waals surface area contributed by atoms with Gasteiger partial charge in [-0.2, -0.15) is 0 Å². The van der Waals surface area contributed by atoms with Gasteiger partial charge in [0.15, 0.2) is 11.4 Å². The Morgan fingerprint density at radius 3 is 2.58 bits per heavy atom. The number of Topliss-reactive ketones (excluding diaryl/α,β-unsaturated/α-hetero) is 1. The normalized spacial score (nSPS) is 19.0. The summed E-state index contributed by atoms with van der Waals surface area (Å²) in [6.07, 6.45) is -0.289. The SMILES string of the molecule is CN1C(=O)C(O)(CC(=O)c2ccc3ccccc3c2)c2ccc(Br)cc21. The van der Waals surface area contributed by atoms with E-state index in [4.69, 9.17) is 0 Å². The summed E-state index contributed by atoms with van der Waals surface area (Å²) in [4.78, 5) is 26.9. The fraction of sp³-hybridized carbons (Fsp3) is 0.143. The monoisotopic (exact) mass is 409 g/mol. The Balaban J connectivity index is 1.71. The number of hydrogen-bond acceptors (Lipinski definition) is 3. The van der Waals surface area contributed by atoms with Crippen LogP contribution < -0.4 is 4.90 Å². The molecular formula is C21H16BrNO3. The van der Waals surface area contributed by atoms with Crippen LogP contribution in [0.5, 0.6) is 0 Å². The number of aliphatic hydroxyl groups is 1. The van der Waals surface area contributed by atoms with Crippen LogP contribution in [0.2, 0.25) is 0 Å². The predicted molar refractivity (Wildman–Crippen MR) is 104 cm³/mol. The zero-order valence-corrected chi connectivity index (χ0v) is 15.7. The van der Waals surface area contributed by atoms with Gasteiger partial charge in [-0.15, -0.1) is 0 Å². The molecule has 1 heterocycles. The minimum absolute atomic E-state index is 0.268. The summed E-state index contributed by atoms with van der Waals surface area (Å²) in [6, 6.07) is 18.4. The first-order valence-corrected chi connectivity index (χ1v) is 9.02. The molecule has 1 unspecified atom stereocenters. The number of amides is 1. The van der Waals surface area contributed by atoms with Crippen molar-refractivity contribution >= 4 is 44.1 Å². The summed E-state index contributed by atoms with van der Waals surface area (Å²) in [6.45, 7) is 0. The molecule has 0 aromatic heterocycles. The van der Waals surface area contributed by atoms with Crippen molar-refractivity contribution in [1.29, 1.82) is 0 Å². The zero-order valence-electron chi connectivity index (χ0n) is 14.1. The third-order valence-electron chi connectivity index (χ3n) is 4.91. The van der Waals surface area contributed by atoms with Gasteiger partial charge >= 0.3 is 0 Å². The van der Waals surface area contributed by atoms with Crippen LogP contribution in [0.15, 0.2) is 65.1 Å². The lowest BCUT2D eigenvalue weighted by Crippen LogP contribution is -2.40. The highest BCUT2D eigenvalue weighted by molar-refractivity contribution is 9.10. The van der Waals surface area contributed by atoms with E-state index in [1.54, 1.807) is 37.4 Å². The number of benzene rings is 3. The number of nitrogens with zero attached hydrogens (tertiary/aromatic N) is 1. The van der Waals surface area contributed by atoms with Crippen molar-refractivity contribution in [2.24, 2.45) is 0 Å². The third-order valence-corrected chi connectivity index (χ3v) is 5.41. The molecule has 3 aromatic carbocycles. The fourth-order valence-electron chi connectivity index (χ4n) is 3.50. The molecule has 3 aromatic rings. The van der Waals surface area contributed by atoms with E-state index >= 15 is 0 Å². The van der Waals surface area contributed by atoms with Crippen molar-refractivity contribution in [3.8, 4) is 0 Å². The van der Waals surface area contributed by atoms with Gasteiger partial charge in [0.1, 0.15) is 0 Å². The minimum atomic E-state index is -1.84. The van der Waals surface area contributed by atoms with Crippen molar-refractivity contribution in [1.82, 2.24) is 0 Å². The number of rotatable bonds is 3. The molecule has 1 aliphatic rings. The highest BCUT2D eigenvalue weighted by Gasteiger charge is 2.49. The Hall–Kier alpha value is -2.50. The summed E-state index contributed by atoms with van der Waals surface area (Å²) in [5.41, 5.74) is -0.285. The number of carbonyl (C=O) groups excluding carboxylic acids is 2. The number of halogens is 1. The van der Waals surface area contributed by atoms with Gasteiger partial charge in [0.2, 0.25) is 0 Å². The lowest BCUT2D eigenvalue weighted by Gasteiger charge is -2.21. The molecule has 5 heteroatoms. The van der Waals surface area contributed by atoms with E-state index in [9.17, 15) is 14.7 Å². The Kier molecular flexibility index (Phi) is 3.93. The highest BCUT2D eigenvalue weighted by Crippen LogP contribution is 2.43. The molecule has 0 fully saturated rings. The van der Waals surface area contributed by atoms with Crippen molar-refractivity contribution in [3.05, 3.63) is 76.3 Å². The first-order chi connectivity index (χ1) is 12.4. The molecule has 1 N–H and O–H groups in total. The average molecular weight is 410 g/mol. The lowest BCUT2D eigenvalue weighted by atomic mass is 9.88. The number of likely N-dealkylation sites (N-methyl/N-ethyl adjacent to an activating group) is 1. The van der Waals surface area contributed by atoms with Crippen molar-refractivity contribution in [2.45, 2.75) is 12.0 Å². The van der Waals surface area contributed by atoms with E-state index in [0.29, 0.717) is 16.8 Å². The van der Waals surface area contributed by atoms with Crippen LogP contribution in [0.25, 0.3) is 10.8 Å². The van der Waals surface area contributed by atoms with Crippen LogP contribution in [0.3, 0.4) is 0 Å². The van der Waals surface area contributed by atoms with Gasteiger partial charge in [0.25, 0.3) is 5.91 Å². The number of fused-ring (bicyclic) bond motifs is 2. The van der Waals surface area contributed by atoms with E-state index < -0.39 is 11.5 Å². The van der Waals surface area contributed by atoms with Gasteiger partial charge in [-0.05, 0) is 29.0 Å². The Labute approximate surface area is 159 Å². The van der Waals surface area contributed by atoms with E-state index in [1.165, 1.54) is 4.90 Å². The molecule has 26 heavy (non-hydrogen) atoms. The molecule has 4 nitrogen and oxygen atoms in total. The number of anilines is 1. The second-order valence-corrected chi connectivity index (χ2v) is 7.46. The van der Waals surface area contributed by atoms with Crippen LogP contribution in [0.1, 0.15) is 22.3 Å². The second kappa shape index (κ2) is 6.04. The number of hydrogen-bond donors (Lipinski definition) is 1. The maximum Gasteiger partial charge on any atom is 0.263 e. The van der Waals surface area contributed by atoms with Gasteiger partial charge in [-0.1, -0.05) is 58.4 Å². The molecule has 130 valence electrons. The van der Waals surface area contributed by atoms with E-state index in [-0.39, 0.29) is 12.2 Å². The van der Waals surface area contributed by atoms with Gasteiger partial charge in [0.05, 0.1) is 12.1 Å². The lowest BCUT2D eigenvalue weighted by molar-refractivity contribution is -0.135.